The summed E-state index contributed by atoms with van der Waals surface area (Å²) in [4.78, 5) is 27.3. The van der Waals surface area contributed by atoms with Gasteiger partial charge in [-0.15, -0.1) is 0 Å². The Morgan fingerprint density at radius 2 is 2.15 bits per heavy atom. The molecule has 1 unspecified atom stereocenters. The number of benzene rings is 1. The van der Waals surface area contributed by atoms with Crippen LogP contribution in [0.3, 0.4) is 0 Å². The van der Waals surface area contributed by atoms with Gasteiger partial charge >= 0.3 is 0 Å². The third-order valence-electron chi connectivity index (χ3n) is 4.27. The minimum atomic E-state index is -0.0136. The zero-order valence-electron chi connectivity index (χ0n) is 11.6. The first kappa shape index (κ1) is 13.0. The van der Waals surface area contributed by atoms with Crippen LogP contribution in [0.4, 0.5) is 11.4 Å². The topological polar surface area (TPSA) is 66.6 Å². The molecule has 0 saturated carbocycles. The second-order valence-corrected chi connectivity index (χ2v) is 5.55. The van der Waals surface area contributed by atoms with Crippen LogP contribution in [-0.2, 0) is 4.79 Å². The van der Waals surface area contributed by atoms with Crippen LogP contribution in [0.25, 0.3) is 0 Å². The molecule has 1 aromatic rings. The van der Waals surface area contributed by atoms with Crippen molar-refractivity contribution in [2.24, 2.45) is 0 Å². The van der Waals surface area contributed by atoms with Gasteiger partial charge in [0.15, 0.2) is 5.78 Å². The van der Waals surface area contributed by atoms with E-state index in [4.69, 9.17) is 5.73 Å². The normalized spacial score (nSPS) is 22.1. The summed E-state index contributed by atoms with van der Waals surface area (Å²) < 4.78 is 0. The molecule has 3 rings (SSSR count). The first-order chi connectivity index (χ1) is 9.56. The molecule has 0 radical (unpaired) electrons. The van der Waals surface area contributed by atoms with E-state index in [0.717, 1.165) is 31.7 Å². The lowest BCUT2D eigenvalue weighted by molar-refractivity contribution is -0.129. The molecule has 2 heterocycles. The van der Waals surface area contributed by atoms with Gasteiger partial charge in [0.05, 0.1) is 0 Å². The molecule has 2 aliphatic heterocycles. The van der Waals surface area contributed by atoms with Crippen molar-refractivity contribution in [3.05, 3.63) is 23.8 Å². The van der Waals surface area contributed by atoms with E-state index in [9.17, 15) is 9.59 Å². The molecule has 1 aromatic carbocycles. The fourth-order valence-corrected chi connectivity index (χ4v) is 3.17. The molecule has 2 aliphatic rings. The molecule has 1 amide bonds. The number of carbonyl (C=O) groups is 2. The van der Waals surface area contributed by atoms with Crippen molar-refractivity contribution in [1.29, 1.82) is 0 Å². The highest BCUT2D eigenvalue weighted by Crippen LogP contribution is 2.28. The molecule has 106 valence electrons. The Hall–Kier alpha value is -2.04. The highest BCUT2D eigenvalue weighted by Gasteiger charge is 2.35. The molecule has 0 spiro atoms. The van der Waals surface area contributed by atoms with Crippen LogP contribution in [0.2, 0.25) is 0 Å². The van der Waals surface area contributed by atoms with E-state index < -0.39 is 0 Å². The van der Waals surface area contributed by atoms with Crippen LogP contribution in [-0.4, -0.2) is 42.3 Å². The Labute approximate surface area is 118 Å². The summed E-state index contributed by atoms with van der Waals surface area (Å²) in [5.74, 6) is 0.265. The number of rotatable bonds is 2. The average molecular weight is 273 g/mol. The molecular formula is C15H19N3O2. The van der Waals surface area contributed by atoms with Crippen LogP contribution in [0.15, 0.2) is 18.2 Å². The second kappa shape index (κ2) is 4.81. The summed E-state index contributed by atoms with van der Waals surface area (Å²) >= 11 is 0. The van der Waals surface area contributed by atoms with E-state index in [1.807, 2.05) is 17.0 Å². The molecule has 5 heteroatoms. The number of ketones is 1. The van der Waals surface area contributed by atoms with E-state index in [-0.39, 0.29) is 11.7 Å². The van der Waals surface area contributed by atoms with Crippen molar-refractivity contribution in [2.75, 3.05) is 30.3 Å². The number of nitrogens with two attached hydrogens (primary N) is 1. The Morgan fingerprint density at radius 1 is 1.35 bits per heavy atom. The van der Waals surface area contributed by atoms with Crippen molar-refractivity contribution in [3.63, 3.8) is 0 Å². The van der Waals surface area contributed by atoms with Gasteiger partial charge in [0.2, 0.25) is 5.91 Å². The number of hydrogen-bond donors (Lipinski definition) is 1. The van der Waals surface area contributed by atoms with Crippen LogP contribution >= 0.6 is 0 Å². The number of Topliss-reactive ketones (excluding diaryl/α,β-unsaturated/α-hetero) is 1. The summed E-state index contributed by atoms with van der Waals surface area (Å²) in [6.45, 7) is 3.97. The van der Waals surface area contributed by atoms with Gasteiger partial charge < -0.3 is 15.5 Å². The highest BCUT2D eigenvalue weighted by molar-refractivity contribution is 5.99. The Kier molecular flexibility index (Phi) is 3.12. The van der Waals surface area contributed by atoms with E-state index in [1.54, 1.807) is 6.07 Å². The summed E-state index contributed by atoms with van der Waals surface area (Å²) in [5, 5.41) is 0. The van der Waals surface area contributed by atoms with Gasteiger partial charge in [-0.25, -0.2) is 0 Å². The molecular weight excluding hydrogens is 254 g/mol. The monoisotopic (exact) mass is 273 g/mol. The summed E-state index contributed by atoms with van der Waals surface area (Å²) in [5.41, 5.74) is 8.08. The third kappa shape index (κ3) is 2.13. The molecule has 0 bridgehead atoms. The number of anilines is 2. The summed E-state index contributed by atoms with van der Waals surface area (Å²) in [7, 11) is 0. The first-order valence-corrected chi connectivity index (χ1v) is 7.01. The van der Waals surface area contributed by atoms with Gasteiger partial charge in [-0.05, 0) is 31.5 Å². The molecule has 20 heavy (non-hydrogen) atoms. The highest BCUT2D eigenvalue weighted by atomic mass is 16.2. The quantitative estimate of drug-likeness (QED) is 0.651. The lowest BCUT2D eigenvalue weighted by atomic mass is 10.1. The number of carbonyl (C=O) groups excluding carboxylic acids is 2. The summed E-state index contributed by atoms with van der Waals surface area (Å²) in [6, 6.07) is 5.92. The van der Waals surface area contributed by atoms with Gasteiger partial charge in [0, 0.05) is 49.0 Å². The Balaban J connectivity index is 1.79. The van der Waals surface area contributed by atoms with Crippen molar-refractivity contribution in [3.8, 4) is 0 Å². The first-order valence-electron chi connectivity index (χ1n) is 7.01. The molecule has 2 fully saturated rings. The van der Waals surface area contributed by atoms with E-state index >= 15 is 0 Å². The minimum absolute atomic E-state index is 0.0136. The minimum Gasteiger partial charge on any atom is -0.398 e. The predicted molar refractivity (Wildman–Crippen MR) is 77.8 cm³/mol. The Morgan fingerprint density at radius 3 is 2.85 bits per heavy atom. The number of hydrogen-bond acceptors (Lipinski definition) is 4. The van der Waals surface area contributed by atoms with Crippen molar-refractivity contribution in [1.82, 2.24) is 4.90 Å². The Bertz CT molecular complexity index is 570. The fraction of sp³-hybridized carbons (Fsp3) is 0.467. The van der Waals surface area contributed by atoms with Gasteiger partial charge in [0.25, 0.3) is 0 Å². The number of nitrogens with zero attached hydrogens (tertiary/aromatic N) is 2. The van der Waals surface area contributed by atoms with Gasteiger partial charge in [-0.1, -0.05) is 0 Å². The van der Waals surface area contributed by atoms with E-state index in [2.05, 4.69) is 4.90 Å². The van der Waals surface area contributed by atoms with Crippen molar-refractivity contribution in [2.45, 2.75) is 25.8 Å². The smallest absolute Gasteiger partial charge is 0.223 e. The molecule has 2 N–H and O–H groups in total. The van der Waals surface area contributed by atoms with Gasteiger partial charge in [-0.3, -0.25) is 9.59 Å². The molecule has 0 aliphatic carbocycles. The largest absolute Gasteiger partial charge is 0.398 e. The zero-order valence-corrected chi connectivity index (χ0v) is 11.6. The summed E-state index contributed by atoms with van der Waals surface area (Å²) in [6.07, 6.45) is 1.61. The van der Waals surface area contributed by atoms with E-state index in [0.29, 0.717) is 23.7 Å². The van der Waals surface area contributed by atoms with Crippen LogP contribution in [0, 0.1) is 0 Å². The SMILES string of the molecule is CC(=O)c1ccc(N2CCN3C(=O)CCC3C2)cc1N. The maximum Gasteiger partial charge on any atom is 0.223 e. The van der Waals surface area contributed by atoms with Crippen LogP contribution < -0.4 is 10.6 Å². The molecule has 0 aromatic heterocycles. The number of nitrogen functional groups attached to an aromatic ring is 1. The van der Waals surface area contributed by atoms with Crippen molar-refractivity contribution >= 4 is 23.1 Å². The predicted octanol–water partition coefficient (Wildman–Crippen LogP) is 1.28. The third-order valence-corrected chi connectivity index (χ3v) is 4.27. The van der Waals surface area contributed by atoms with Gasteiger partial charge in [-0.2, -0.15) is 0 Å². The molecule has 5 nitrogen and oxygen atoms in total. The zero-order chi connectivity index (χ0) is 14.3. The second-order valence-electron chi connectivity index (χ2n) is 5.55. The maximum absolute atomic E-state index is 11.7. The number of amides is 1. The average Bonchev–Trinajstić information content (AvgIpc) is 2.79. The number of piperazine rings is 1. The standard InChI is InChI=1S/C15H19N3O2/c1-10(19)13-4-2-11(8-14(13)16)17-6-7-18-12(9-17)3-5-15(18)20/h2,4,8,12H,3,5-7,9,16H2,1H3. The molecule has 2 saturated heterocycles. The van der Waals surface area contributed by atoms with Crippen LogP contribution in [0.1, 0.15) is 30.1 Å². The van der Waals surface area contributed by atoms with Crippen molar-refractivity contribution < 1.29 is 9.59 Å². The number of fused-ring (bicyclic) bond motifs is 1. The maximum atomic E-state index is 11.7. The van der Waals surface area contributed by atoms with Crippen LogP contribution in [0.5, 0.6) is 0 Å². The van der Waals surface area contributed by atoms with E-state index in [1.165, 1.54) is 6.92 Å². The molecule has 1 atom stereocenters. The lowest BCUT2D eigenvalue weighted by Crippen LogP contribution is -2.51. The fourth-order valence-electron chi connectivity index (χ4n) is 3.17. The van der Waals surface area contributed by atoms with Gasteiger partial charge in [0.1, 0.15) is 0 Å². The lowest BCUT2D eigenvalue weighted by Gasteiger charge is -2.39.